The van der Waals surface area contributed by atoms with Gasteiger partial charge < -0.3 is 10.1 Å². The number of halogens is 1. The summed E-state index contributed by atoms with van der Waals surface area (Å²) in [6, 6.07) is 10.4. The van der Waals surface area contributed by atoms with Crippen LogP contribution in [0.25, 0.3) is 0 Å². The summed E-state index contributed by atoms with van der Waals surface area (Å²) in [5, 5.41) is 16.1. The first-order chi connectivity index (χ1) is 11.4. The molecule has 0 radical (unpaired) electrons. The SMILES string of the molecule is COc1cccc(C(=O)NC(=S)Nc2cc([N+](=O)[O-])ccc2Cl)c1. The highest BCUT2D eigenvalue weighted by molar-refractivity contribution is 7.80. The highest BCUT2D eigenvalue weighted by Gasteiger charge is 2.13. The van der Waals surface area contributed by atoms with Crippen LogP contribution in [0.15, 0.2) is 42.5 Å². The van der Waals surface area contributed by atoms with Gasteiger partial charge in [0.15, 0.2) is 5.11 Å². The Labute approximate surface area is 147 Å². The molecule has 0 heterocycles. The van der Waals surface area contributed by atoms with Crippen molar-refractivity contribution in [2.24, 2.45) is 0 Å². The second-order valence-electron chi connectivity index (χ2n) is 4.56. The van der Waals surface area contributed by atoms with Crippen LogP contribution in [0.2, 0.25) is 5.02 Å². The number of anilines is 1. The molecule has 0 atom stereocenters. The molecule has 0 aliphatic rings. The van der Waals surface area contributed by atoms with Crippen molar-refractivity contribution in [3.8, 4) is 5.75 Å². The van der Waals surface area contributed by atoms with E-state index in [9.17, 15) is 14.9 Å². The quantitative estimate of drug-likeness (QED) is 0.490. The van der Waals surface area contributed by atoms with Crippen molar-refractivity contribution in [2.45, 2.75) is 0 Å². The number of ether oxygens (including phenoxy) is 1. The molecule has 2 aromatic rings. The van der Waals surface area contributed by atoms with Gasteiger partial charge in [-0.3, -0.25) is 20.2 Å². The lowest BCUT2D eigenvalue weighted by Gasteiger charge is -2.11. The smallest absolute Gasteiger partial charge is 0.271 e. The zero-order valence-electron chi connectivity index (χ0n) is 12.4. The number of hydrogen-bond donors (Lipinski definition) is 2. The maximum Gasteiger partial charge on any atom is 0.271 e. The van der Waals surface area contributed by atoms with E-state index in [2.05, 4.69) is 10.6 Å². The van der Waals surface area contributed by atoms with E-state index in [0.29, 0.717) is 11.3 Å². The maximum absolute atomic E-state index is 12.1. The average Bonchev–Trinajstić information content (AvgIpc) is 2.56. The third-order valence-electron chi connectivity index (χ3n) is 2.97. The van der Waals surface area contributed by atoms with Crippen LogP contribution < -0.4 is 15.4 Å². The van der Waals surface area contributed by atoms with E-state index in [1.165, 1.54) is 25.3 Å². The molecule has 0 saturated heterocycles. The lowest BCUT2D eigenvalue weighted by molar-refractivity contribution is -0.384. The van der Waals surface area contributed by atoms with Crippen LogP contribution >= 0.6 is 23.8 Å². The van der Waals surface area contributed by atoms with Gasteiger partial charge in [-0.05, 0) is 36.5 Å². The van der Waals surface area contributed by atoms with Crippen molar-refractivity contribution >= 4 is 46.2 Å². The van der Waals surface area contributed by atoms with Gasteiger partial charge in [0, 0.05) is 17.7 Å². The van der Waals surface area contributed by atoms with Crippen LogP contribution in [0.3, 0.4) is 0 Å². The molecule has 2 aromatic carbocycles. The van der Waals surface area contributed by atoms with E-state index in [4.69, 9.17) is 28.6 Å². The van der Waals surface area contributed by atoms with Gasteiger partial charge in [0.25, 0.3) is 11.6 Å². The van der Waals surface area contributed by atoms with Crippen LogP contribution in [0.5, 0.6) is 5.75 Å². The predicted octanol–water partition coefficient (Wildman–Crippen LogP) is 3.38. The fourth-order valence-corrected chi connectivity index (χ4v) is 2.18. The third kappa shape index (κ3) is 4.40. The Bertz CT molecular complexity index is 813. The first-order valence-electron chi connectivity index (χ1n) is 6.61. The van der Waals surface area contributed by atoms with Crippen molar-refractivity contribution in [3.63, 3.8) is 0 Å². The fourth-order valence-electron chi connectivity index (χ4n) is 1.82. The average molecular weight is 366 g/mol. The number of nitro benzene ring substituents is 1. The molecule has 0 aliphatic carbocycles. The van der Waals surface area contributed by atoms with Gasteiger partial charge in [0.1, 0.15) is 5.75 Å². The van der Waals surface area contributed by atoms with Gasteiger partial charge in [-0.25, -0.2) is 0 Å². The normalized spacial score (nSPS) is 9.92. The van der Waals surface area contributed by atoms with E-state index in [0.717, 1.165) is 0 Å². The minimum Gasteiger partial charge on any atom is -0.497 e. The molecule has 0 bridgehead atoms. The minimum absolute atomic E-state index is 0.0368. The molecule has 0 spiro atoms. The summed E-state index contributed by atoms with van der Waals surface area (Å²) < 4.78 is 5.05. The molecule has 1 amide bonds. The molecule has 0 aromatic heterocycles. The highest BCUT2D eigenvalue weighted by Crippen LogP contribution is 2.26. The van der Waals surface area contributed by atoms with Crippen LogP contribution in [0.4, 0.5) is 11.4 Å². The summed E-state index contributed by atoms with van der Waals surface area (Å²) in [6.45, 7) is 0. The summed E-state index contributed by atoms with van der Waals surface area (Å²) >= 11 is 11.0. The number of hydrogen-bond acceptors (Lipinski definition) is 5. The number of benzene rings is 2. The molecule has 0 unspecified atom stereocenters. The topological polar surface area (TPSA) is 93.5 Å². The van der Waals surface area contributed by atoms with E-state index in [1.54, 1.807) is 24.3 Å². The summed E-state index contributed by atoms with van der Waals surface area (Å²) in [7, 11) is 1.49. The van der Waals surface area contributed by atoms with Gasteiger partial charge in [-0.15, -0.1) is 0 Å². The van der Waals surface area contributed by atoms with Crippen LogP contribution in [0.1, 0.15) is 10.4 Å². The van der Waals surface area contributed by atoms with E-state index >= 15 is 0 Å². The lowest BCUT2D eigenvalue weighted by Crippen LogP contribution is -2.34. The number of rotatable bonds is 4. The second kappa shape index (κ2) is 7.71. The predicted molar refractivity (Wildman–Crippen MR) is 94.8 cm³/mol. The van der Waals surface area contributed by atoms with Crippen LogP contribution in [-0.2, 0) is 0 Å². The van der Waals surface area contributed by atoms with Crippen molar-refractivity contribution in [1.82, 2.24) is 5.32 Å². The molecule has 2 N–H and O–H groups in total. The summed E-state index contributed by atoms with van der Waals surface area (Å²) in [4.78, 5) is 22.4. The molecular weight excluding hydrogens is 354 g/mol. The molecular formula is C15H12ClN3O4S. The van der Waals surface area contributed by atoms with Gasteiger partial charge in [0.05, 0.1) is 22.7 Å². The molecule has 7 nitrogen and oxygen atoms in total. The number of nitrogens with one attached hydrogen (secondary N) is 2. The summed E-state index contributed by atoms with van der Waals surface area (Å²) in [5.41, 5.74) is 0.425. The van der Waals surface area contributed by atoms with Gasteiger partial charge in [-0.1, -0.05) is 17.7 Å². The lowest BCUT2D eigenvalue weighted by atomic mass is 10.2. The molecule has 0 aliphatic heterocycles. The Morgan fingerprint density at radius 3 is 2.71 bits per heavy atom. The zero-order valence-corrected chi connectivity index (χ0v) is 14.0. The Morgan fingerprint density at radius 1 is 1.29 bits per heavy atom. The molecule has 2 rings (SSSR count). The third-order valence-corrected chi connectivity index (χ3v) is 3.50. The monoisotopic (exact) mass is 365 g/mol. The number of thiocarbonyl (C=S) groups is 1. The van der Waals surface area contributed by atoms with Crippen molar-refractivity contribution in [2.75, 3.05) is 12.4 Å². The number of carbonyl (C=O) groups excluding carboxylic acids is 1. The zero-order chi connectivity index (χ0) is 17.7. The Morgan fingerprint density at radius 2 is 2.04 bits per heavy atom. The van der Waals surface area contributed by atoms with Gasteiger partial charge in [-0.2, -0.15) is 0 Å². The maximum atomic E-state index is 12.1. The highest BCUT2D eigenvalue weighted by atomic mass is 35.5. The number of methoxy groups -OCH3 is 1. The molecule has 0 fully saturated rings. The van der Waals surface area contributed by atoms with Crippen molar-refractivity contribution in [1.29, 1.82) is 0 Å². The van der Waals surface area contributed by atoms with Gasteiger partial charge >= 0.3 is 0 Å². The van der Waals surface area contributed by atoms with E-state index < -0.39 is 10.8 Å². The van der Waals surface area contributed by atoms with Crippen LogP contribution in [0, 0.1) is 10.1 Å². The largest absolute Gasteiger partial charge is 0.497 e. The first kappa shape index (κ1) is 17.6. The number of carbonyl (C=O) groups is 1. The summed E-state index contributed by atoms with van der Waals surface area (Å²) in [6.07, 6.45) is 0. The van der Waals surface area contributed by atoms with Gasteiger partial charge in [0.2, 0.25) is 0 Å². The number of amides is 1. The fraction of sp³-hybridized carbons (Fsp3) is 0.0667. The first-order valence-corrected chi connectivity index (χ1v) is 7.39. The standard InChI is InChI=1S/C15H12ClN3O4S/c1-23-11-4-2-3-9(7-11)14(20)18-15(24)17-13-8-10(19(21)22)5-6-12(13)16/h2-8H,1H3,(H2,17,18,20,24). The van der Waals surface area contributed by atoms with Crippen molar-refractivity contribution in [3.05, 3.63) is 63.2 Å². The Kier molecular flexibility index (Phi) is 5.67. The second-order valence-corrected chi connectivity index (χ2v) is 5.38. The molecule has 124 valence electrons. The number of non-ortho nitro benzene ring substituents is 1. The molecule has 0 saturated carbocycles. The summed E-state index contributed by atoms with van der Waals surface area (Å²) in [5.74, 6) is 0.0798. The van der Waals surface area contributed by atoms with Crippen molar-refractivity contribution < 1.29 is 14.5 Å². The Hall–Kier alpha value is -2.71. The Balaban J connectivity index is 2.09. The van der Waals surface area contributed by atoms with E-state index in [-0.39, 0.29) is 21.5 Å². The minimum atomic E-state index is -0.556. The molecule has 9 heteroatoms. The molecule has 24 heavy (non-hydrogen) atoms. The van der Waals surface area contributed by atoms with Crippen LogP contribution in [-0.4, -0.2) is 23.1 Å². The van der Waals surface area contributed by atoms with E-state index in [1.807, 2.05) is 0 Å². The number of nitrogens with zero attached hydrogens (tertiary/aromatic N) is 1. The number of nitro groups is 1.